The van der Waals surface area contributed by atoms with Gasteiger partial charge in [-0.05, 0) is 19.1 Å². The zero-order valence-corrected chi connectivity index (χ0v) is 14.0. The molecule has 0 radical (unpaired) electrons. The number of nitrogen functional groups attached to an aromatic ring is 1. The molecule has 0 atom stereocenters. The van der Waals surface area contributed by atoms with E-state index < -0.39 is 0 Å². The minimum absolute atomic E-state index is 0.615. The van der Waals surface area contributed by atoms with E-state index in [1.165, 1.54) is 5.56 Å². The number of rotatable bonds is 2. The van der Waals surface area contributed by atoms with E-state index in [0.717, 1.165) is 33.7 Å². The van der Waals surface area contributed by atoms with Gasteiger partial charge in [-0.2, -0.15) is 5.10 Å². The highest BCUT2D eigenvalue weighted by Crippen LogP contribution is 2.36. The SMILES string of the molecule is Cc1ccc(-c2nn(C)c(N)c2-c2nc3ccccc3n2C)cc1. The molecule has 0 aliphatic heterocycles. The van der Waals surface area contributed by atoms with Crippen LogP contribution in [0.15, 0.2) is 48.5 Å². The monoisotopic (exact) mass is 317 g/mol. The number of para-hydroxylation sites is 2. The van der Waals surface area contributed by atoms with Crippen molar-refractivity contribution in [1.82, 2.24) is 19.3 Å². The van der Waals surface area contributed by atoms with Crippen LogP contribution in [0.2, 0.25) is 0 Å². The number of imidazole rings is 1. The Morgan fingerprint density at radius 2 is 1.67 bits per heavy atom. The maximum atomic E-state index is 6.34. The van der Waals surface area contributed by atoms with Gasteiger partial charge in [-0.3, -0.25) is 4.68 Å². The van der Waals surface area contributed by atoms with Crippen LogP contribution < -0.4 is 5.73 Å². The fourth-order valence-corrected chi connectivity index (χ4v) is 3.04. The Labute approximate surface area is 140 Å². The average Bonchev–Trinajstić information content (AvgIpc) is 3.06. The van der Waals surface area contributed by atoms with E-state index in [1.807, 2.05) is 32.3 Å². The molecule has 0 amide bonds. The summed E-state index contributed by atoms with van der Waals surface area (Å²) in [6.45, 7) is 2.07. The van der Waals surface area contributed by atoms with Gasteiger partial charge in [-0.1, -0.05) is 42.0 Å². The fraction of sp³-hybridized carbons (Fsp3) is 0.158. The van der Waals surface area contributed by atoms with Crippen LogP contribution in [0.1, 0.15) is 5.56 Å². The second kappa shape index (κ2) is 5.23. The van der Waals surface area contributed by atoms with Crippen molar-refractivity contribution in [2.45, 2.75) is 6.92 Å². The van der Waals surface area contributed by atoms with Gasteiger partial charge in [-0.15, -0.1) is 0 Å². The smallest absolute Gasteiger partial charge is 0.146 e. The third-order valence-corrected chi connectivity index (χ3v) is 4.43. The Balaban J connectivity index is 2.00. The molecular weight excluding hydrogens is 298 g/mol. The minimum Gasteiger partial charge on any atom is -0.383 e. The quantitative estimate of drug-likeness (QED) is 0.615. The van der Waals surface area contributed by atoms with E-state index in [1.54, 1.807) is 4.68 Å². The summed E-state index contributed by atoms with van der Waals surface area (Å²) in [5.74, 6) is 1.45. The average molecular weight is 317 g/mol. The Bertz CT molecular complexity index is 1040. The summed E-state index contributed by atoms with van der Waals surface area (Å²) in [7, 11) is 3.87. The topological polar surface area (TPSA) is 61.7 Å². The van der Waals surface area contributed by atoms with Crippen molar-refractivity contribution in [2.75, 3.05) is 5.73 Å². The van der Waals surface area contributed by atoms with E-state index in [4.69, 9.17) is 10.7 Å². The molecule has 2 heterocycles. The third-order valence-electron chi connectivity index (χ3n) is 4.43. The van der Waals surface area contributed by atoms with Crippen molar-refractivity contribution >= 4 is 16.9 Å². The Morgan fingerprint density at radius 3 is 2.38 bits per heavy atom. The first-order valence-electron chi connectivity index (χ1n) is 7.87. The van der Waals surface area contributed by atoms with Gasteiger partial charge >= 0.3 is 0 Å². The van der Waals surface area contributed by atoms with Crippen LogP contribution in [0, 0.1) is 6.92 Å². The van der Waals surface area contributed by atoms with Crippen LogP contribution in [0.4, 0.5) is 5.82 Å². The summed E-state index contributed by atoms with van der Waals surface area (Å²) in [4.78, 5) is 4.79. The first-order valence-corrected chi connectivity index (χ1v) is 7.87. The van der Waals surface area contributed by atoms with E-state index >= 15 is 0 Å². The molecule has 5 heteroatoms. The molecule has 0 fully saturated rings. The lowest BCUT2D eigenvalue weighted by molar-refractivity contribution is 0.782. The standard InChI is InChI=1S/C19H19N5/c1-12-8-10-13(11-9-12)17-16(18(20)24(3)22-17)19-21-14-6-4-5-7-15(14)23(19)2/h4-11H,20H2,1-3H3. The molecule has 4 aromatic rings. The molecule has 4 rings (SSSR count). The van der Waals surface area contributed by atoms with Gasteiger partial charge in [-0.25, -0.2) is 4.98 Å². The maximum absolute atomic E-state index is 6.34. The molecule has 0 spiro atoms. The Hall–Kier alpha value is -3.08. The summed E-state index contributed by atoms with van der Waals surface area (Å²) < 4.78 is 3.78. The minimum atomic E-state index is 0.615. The first-order chi connectivity index (χ1) is 11.6. The zero-order chi connectivity index (χ0) is 16.8. The number of hydrogen-bond donors (Lipinski definition) is 1. The van der Waals surface area contributed by atoms with Gasteiger partial charge < -0.3 is 10.3 Å². The molecule has 5 nitrogen and oxygen atoms in total. The van der Waals surface area contributed by atoms with Crippen LogP contribution in [-0.2, 0) is 14.1 Å². The lowest BCUT2D eigenvalue weighted by atomic mass is 10.1. The van der Waals surface area contributed by atoms with Crippen molar-refractivity contribution in [2.24, 2.45) is 14.1 Å². The molecule has 0 saturated carbocycles. The van der Waals surface area contributed by atoms with Gasteiger partial charge in [0.15, 0.2) is 0 Å². The van der Waals surface area contributed by atoms with E-state index in [2.05, 4.69) is 46.9 Å². The predicted octanol–water partition coefficient (Wildman–Crippen LogP) is 3.53. The molecule has 120 valence electrons. The molecule has 2 N–H and O–H groups in total. The lowest BCUT2D eigenvalue weighted by Crippen LogP contribution is -2.00. The van der Waals surface area contributed by atoms with Crippen LogP contribution in [0.5, 0.6) is 0 Å². The number of nitrogens with two attached hydrogens (primary N) is 1. The molecule has 0 saturated heterocycles. The highest BCUT2D eigenvalue weighted by Gasteiger charge is 2.22. The number of anilines is 1. The van der Waals surface area contributed by atoms with Crippen LogP contribution >= 0.6 is 0 Å². The van der Waals surface area contributed by atoms with Crippen LogP contribution in [-0.4, -0.2) is 19.3 Å². The van der Waals surface area contributed by atoms with Crippen molar-refractivity contribution in [3.05, 3.63) is 54.1 Å². The summed E-state index contributed by atoms with van der Waals surface area (Å²) in [6, 6.07) is 16.4. The fourth-order valence-electron chi connectivity index (χ4n) is 3.04. The number of hydrogen-bond acceptors (Lipinski definition) is 3. The van der Waals surface area contributed by atoms with Gasteiger partial charge in [0.25, 0.3) is 0 Å². The molecule has 24 heavy (non-hydrogen) atoms. The summed E-state index contributed by atoms with van der Waals surface area (Å²) in [6.07, 6.45) is 0. The van der Waals surface area contributed by atoms with Crippen LogP contribution in [0.3, 0.4) is 0 Å². The number of aryl methyl sites for hydroxylation is 3. The van der Waals surface area contributed by atoms with Crippen molar-refractivity contribution in [3.63, 3.8) is 0 Å². The number of aromatic nitrogens is 4. The largest absolute Gasteiger partial charge is 0.383 e. The van der Waals surface area contributed by atoms with Crippen molar-refractivity contribution in [3.8, 4) is 22.6 Å². The van der Waals surface area contributed by atoms with E-state index in [9.17, 15) is 0 Å². The highest BCUT2D eigenvalue weighted by atomic mass is 15.3. The maximum Gasteiger partial charge on any atom is 0.146 e. The molecule has 0 aliphatic rings. The van der Waals surface area contributed by atoms with Gasteiger partial charge in [0.1, 0.15) is 17.3 Å². The van der Waals surface area contributed by atoms with Gasteiger partial charge in [0, 0.05) is 19.7 Å². The second-order valence-corrected chi connectivity index (χ2v) is 6.08. The van der Waals surface area contributed by atoms with E-state index in [0.29, 0.717) is 5.82 Å². The second-order valence-electron chi connectivity index (χ2n) is 6.08. The van der Waals surface area contributed by atoms with E-state index in [-0.39, 0.29) is 0 Å². The molecular formula is C19H19N5. The van der Waals surface area contributed by atoms with Crippen molar-refractivity contribution < 1.29 is 0 Å². The molecule has 2 aromatic carbocycles. The van der Waals surface area contributed by atoms with Gasteiger partial charge in [0.2, 0.25) is 0 Å². The lowest BCUT2D eigenvalue weighted by Gasteiger charge is -2.05. The Morgan fingerprint density at radius 1 is 0.958 bits per heavy atom. The first kappa shape index (κ1) is 14.5. The number of benzene rings is 2. The number of fused-ring (bicyclic) bond motifs is 1. The summed E-state index contributed by atoms with van der Waals surface area (Å²) in [5, 5.41) is 4.64. The third kappa shape index (κ3) is 2.09. The molecule has 0 aliphatic carbocycles. The highest BCUT2D eigenvalue weighted by molar-refractivity contribution is 5.89. The summed E-state index contributed by atoms with van der Waals surface area (Å²) in [5.41, 5.74) is 12.3. The normalized spacial score (nSPS) is 11.3. The summed E-state index contributed by atoms with van der Waals surface area (Å²) >= 11 is 0. The van der Waals surface area contributed by atoms with Crippen LogP contribution in [0.25, 0.3) is 33.7 Å². The van der Waals surface area contributed by atoms with Gasteiger partial charge in [0.05, 0.1) is 16.6 Å². The number of nitrogens with zero attached hydrogens (tertiary/aromatic N) is 4. The van der Waals surface area contributed by atoms with Crippen molar-refractivity contribution in [1.29, 1.82) is 0 Å². The molecule has 0 unspecified atom stereocenters. The molecule has 0 bridgehead atoms. The Kier molecular flexibility index (Phi) is 3.16. The molecule has 2 aromatic heterocycles. The predicted molar refractivity (Wildman–Crippen MR) is 97.5 cm³/mol. The zero-order valence-electron chi connectivity index (χ0n) is 14.0.